The van der Waals surface area contributed by atoms with Crippen LogP contribution in [0.2, 0.25) is 0 Å². The van der Waals surface area contributed by atoms with E-state index in [2.05, 4.69) is 4.90 Å². The van der Waals surface area contributed by atoms with Gasteiger partial charge in [-0.25, -0.2) is 9.59 Å². The number of piperidine rings is 1. The second-order valence-electron chi connectivity index (χ2n) is 5.59. The predicted molar refractivity (Wildman–Crippen MR) is 72.7 cm³/mol. The van der Waals surface area contributed by atoms with E-state index in [-0.39, 0.29) is 19.8 Å². The first-order valence-corrected chi connectivity index (χ1v) is 8.63. The lowest BCUT2D eigenvalue weighted by molar-refractivity contribution is -0.771. The van der Waals surface area contributed by atoms with Crippen LogP contribution in [-0.4, -0.2) is 79.4 Å². The van der Waals surface area contributed by atoms with E-state index in [0.717, 1.165) is 32.4 Å². The fourth-order valence-corrected chi connectivity index (χ4v) is 3.82. The van der Waals surface area contributed by atoms with Crippen molar-refractivity contribution in [2.45, 2.75) is 19.3 Å². The largest absolute Gasteiger partial charge is 0.353 e. The zero-order valence-corrected chi connectivity index (χ0v) is 12.7. The van der Waals surface area contributed by atoms with Crippen LogP contribution in [0.3, 0.4) is 0 Å². The molecule has 21 heavy (non-hydrogen) atoms. The third-order valence-corrected chi connectivity index (χ3v) is 4.80. The van der Waals surface area contributed by atoms with Gasteiger partial charge in [-0.2, -0.15) is 12.9 Å². The van der Waals surface area contributed by atoms with Gasteiger partial charge in [0.1, 0.15) is 6.54 Å². The van der Waals surface area contributed by atoms with Gasteiger partial charge in [0.25, 0.3) is 0 Å². The Balaban J connectivity index is 2.14. The average Bonchev–Trinajstić information content (AvgIpc) is 2.42. The maximum atomic E-state index is 12.1. The highest BCUT2D eigenvalue weighted by Crippen LogP contribution is 2.18. The lowest BCUT2D eigenvalue weighted by atomic mass is 10.1. The third-order valence-electron chi connectivity index (χ3n) is 4.04. The molecule has 0 aromatic carbocycles. The molecule has 2 saturated heterocycles. The van der Waals surface area contributed by atoms with E-state index in [0.29, 0.717) is 6.54 Å². The van der Waals surface area contributed by atoms with Gasteiger partial charge in [-0.05, 0) is 25.9 Å². The summed E-state index contributed by atoms with van der Waals surface area (Å²) in [6.45, 7) is 1.66. The van der Waals surface area contributed by atoms with Crippen LogP contribution in [0.5, 0.6) is 0 Å². The SMILES string of the molecule is O=C1COCC(=O)[N+]1(CCN1CCCCC1)CS(=O)(=O)O. The van der Waals surface area contributed by atoms with Crippen LogP contribution in [0.4, 0.5) is 0 Å². The average molecular weight is 321 g/mol. The van der Waals surface area contributed by atoms with Crippen LogP contribution < -0.4 is 0 Å². The van der Waals surface area contributed by atoms with E-state index >= 15 is 0 Å². The highest BCUT2D eigenvalue weighted by atomic mass is 32.2. The molecule has 9 heteroatoms. The number of hydrogen-bond donors (Lipinski definition) is 1. The summed E-state index contributed by atoms with van der Waals surface area (Å²) in [4.78, 5) is 26.3. The normalized spacial score (nSPS) is 24.2. The van der Waals surface area contributed by atoms with E-state index in [1.165, 1.54) is 0 Å². The Morgan fingerprint density at radius 1 is 1.10 bits per heavy atom. The van der Waals surface area contributed by atoms with Gasteiger partial charge in [-0.3, -0.25) is 9.45 Å². The molecule has 0 aliphatic carbocycles. The summed E-state index contributed by atoms with van der Waals surface area (Å²) in [7, 11) is -4.44. The summed E-state index contributed by atoms with van der Waals surface area (Å²) >= 11 is 0. The molecule has 0 radical (unpaired) electrons. The molecule has 0 aromatic rings. The number of imide groups is 1. The Morgan fingerprint density at radius 3 is 2.19 bits per heavy atom. The van der Waals surface area contributed by atoms with E-state index in [1.807, 2.05) is 0 Å². The molecule has 2 rings (SSSR count). The molecule has 120 valence electrons. The fourth-order valence-electron chi connectivity index (χ4n) is 2.84. The second-order valence-corrected chi connectivity index (χ2v) is 7.01. The van der Waals surface area contributed by atoms with Crippen LogP contribution in [0.1, 0.15) is 19.3 Å². The van der Waals surface area contributed by atoms with Crippen molar-refractivity contribution >= 4 is 21.9 Å². The minimum atomic E-state index is -4.44. The van der Waals surface area contributed by atoms with E-state index in [9.17, 15) is 18.0 Å². The van der Waals surface area contributed by atoms with Crippen molar-refractivity contribution in [3.63, 3.8) is 0 Å². The lowest BCUT2D eigenvalue weighted by Crippen LogP contribution is -2.66. The zero-order valence-electron chi connectivity index (χ0n) is 11.9. The molecule has 8 nitrogen and oxygen atoms in total. The standard InChI is InChI=1S/C12H20N2O6S/c15-11-8-20-9-12(16)14(11,10-21(17,18)19)7-6-13-4-2-1-3-5-13/h1-10H2/p+1. The van der Waals surface area contributed by atoms with E-state index in [1.54, 1.807) is 0 Å². The number of carbonyl (C=O) groups is 2. The van der Waals surface area contributed by atoms with Gasteiger partial charge in [-0.1, -0.05) is 6.42 Å². The van der Waals surface area contributed by atoms with Crippen molar-refractivity contribution in [3.05, 3.63) is 0 Å². The maximum Gasteiger partial charge on any atom is 0.347 e. The van der Waals surface area contributed by atoms with Crippen molar-refractivity contribution in [1.82, 2.24) is 4.90 Å². The summed E-state index contributed by atoms with van der Waals surface area (Å²) in [5.41, 5.74) is 0. The molecule has 0 bridgehead atoms. The predicted octanol–water partition coefficient (Wildman–Crippen LogP) is -0.782. The number of hydrogen-bond acceptors (Lipinski definition) is 6. The Bertz CT molecular complexity index is 496. The highest BCUT2D eigenvalue weighted by molar-refractivity contribution is 7.85. The Morgan fingerprint density at radius 2 is 1.67 bits per heavy atom. The second kappa shape index (κ2) is 6.49. The number of amides is 2. The van der Waals surface area contributed by atoms with E-state index in [4.69, 9.17) is 9.29 Å². The van der Waals surface area contributed by atoms with Crippen LogP contribution in [0.25, 0.3) is 0 Å². The number of morpholine rings is 1. The van der Waals surface area contributed by atoms with Gasteiger partial charge in [0.05, 0.1) is 0 Å². The van der Waals surface area contributed by atoms with Crippen molar-refractivity contribution in [1.29, 1.82) is 0 Å². The van der Waals surface area contributed by atoms with Gasteiger partial charge in [-0.15, -0.1) is 0 Å². The van der Waals surface area contributed by atoms with Crippen LogP contribution in [0, 0.1) is 0 Å². The Labute approximate surface area is 124 Å². The quantitative estimate of drug-likeness (QED) is 0.402. The first-order valence-electron chi connectivity index (χ1n) is 7.03. The zero-order chi connectivity index (χ0) is 15.5. The monoisotopic (exact) mass is 321 g/mol. The minimum absolute atomic E-state index is 0.0564. The molecule has 0 aromatic heterocycles. The van der Waals surface area contributed by atoms with Crippen LogP contribution in [0.15, 0.2) is 0 Å². The Hall–Kier alpha value is -0.870. The smallest absolute Gasteiger partial charge is 0.347 e. The van der Waals surface area contributed by atoms with Gasteiger partial charge in [0, 0.05) is 6.54 Å². The molecule has 2 amide bonds. The van der Waals surface area contributed by atoms with Crippen molar-refractivity contribution in [3.8, 4) is 0 Å². The first-order chi connectivity index (χ1) is 9.83. The lowest BCUT2D eigenvalue weighted by Gasteiger charge is -2.36. The van der Waals surface area contributed by atoms with Gasteiger partial charge in [0.15, 0.2) is 13.2 Å². The molecule has 0 atom stereocenters. The molecule has 0 spiro atoms. The van der Waals surface area contributed by atoms with Crippen molar-refractivity contribution < 1.29 is 31.8 Å². The summed E-state index contributed by atoms with van der Waals surface area (Å²) in [5.74, 6) is -2.12. The molecule has 2 fully saturated rings. The van der Waals surface area contributed by atoms with Crippen molar-refractivity contribution in [2.24, 2.45) is 0 Å². The minimum Gasteiger partial charge on any atom is -0.353 e. The van der Waals surface area contributed by atoms with Crippen LogP contribution >= 0.6 is 0 Å². The molecule has 2 aliphatic heterocycles. The summed E-state index contributed by atoms with van der Waals surface area (Å²) in [5, 5.41) is 0. The number of ether oxygens (including phenoxy) is 1. The molecule has 2 aliphatic rings. The first kappa shape index (κ1) is 16.5. The van der Waals surface area contributed by atoms with E-state index < -0.39 is 32.3 Å². The van der Waals surface area contributed by atoms with Gasteiger partial charge < -0.3 is 4.74 Å². The Kier molecular flexibility index (Phi) is 5.10. The summed E-state index contributed by atoms with van der Waals surface area (Å²) < 4.78 is 35.5. The molecule has 0 unspecified atom stereocenters. The van der Waals surface area contributed by atoms with Crippen LogP contribution in [-0.2, 0) is 24.4 Å². The highest BCUT2D eigenvalue weighted by Gasteiger charge is 2.50. The summed E-state index contributed by atoms with van der Waals surface area (Å²) in [6, 6.07) is 0. The molecule has 1 N–H and O–H groups in total. The molecule has 0 saturated carbocycles. The fraction of sp³-hybridized carbons (Fsp3) is 0.833. The summed E-state index contributed by atoms with van der Waals surface area (Å²) in [6.07, 6.45) is 3.28. The number of rotatable bonds is 5. The van der Waals surface area contributed by atoms with Crippen molar-refractivity contribution in [2.75, 3.05) is 45.3 Å². The number of likely N-dealkylation sites (tertiary alicyclic amines) is 1. The van der Waals surface area contributed by atoms with Gasteiger partial charge >= 0.3 is 21.9 Å². The maximum absolute atomic E-state index is 12.1. The third kappa shape index (κ3) is 4.07. The number of carbonyl (C=O) groups excluding carboxylic acids is 2. The molecular weight excluding hydrogens is 300 g/mol. The molecular formula is C12H21N2O6S+. The number of nitrogens with zero attached hydrogens (tertiary/aromatic N) is 2. The van der Waals surface area contributed by atoms with Gasteiger partial charge in [0.2, 0.25) is 5.88 Å². The topological polar surface area (TPSA) is 101 Å². The molecule has 2 heterocycles. The number of quaternary nitrogens is 1.